The highest BCUT2D eigenvalue weighted by Gasteiger charge is 2.68. The minimum Gasteiger partial charge on any atom is -0.384 e. The van der Waals surface area contributed by atoms with Crippen molar-refractivity contribution in [3.8, 4) is 0 Å². The molecule has 0 unspecified atom stereocenters. The van der Waals surface area contributed by atoms with Crippen molar-refractivity contribution in [1.82, 2.24) is 0 Å². The van der Waals surface area contributed by atoms with Crippen LogP contribution in [-0.4, -0.2) is 39.7 Å². The van der Waals surface area contributed by atoms with Crippen molar-refractivity contribution in [1.29, 1.82) is 0 Å². The van der Waals surface area contributed by atoms with E-state index >= 15 is 0 Å². The predicted octanol–water partition coefficient (Wildman–Crippen LogP) is 4.81. The molecule has 0 radical (unpaired) electrons. The number of benzene rings is 3. The van der Waals surface area contributed by atoms with Crippen LogP contribution in [0.15, 0.2) is 104 Å². The van der Waals surface area contributed by atoms with Gasteiger partial charge < -0.3 is 24.4 Å². The Morgan fingerprint density at radius 3 is 1.51 bits per heavy atom. The van der Waals surface area contributed by atoms with Gasteiger partial charge in [-0.05, 0) is 30.0 Å². The van der Waals surface area contributed by atoms with Crippen molar-refractivity contribution < 1.29 is 24.4 Å². The van der Waals surface area contributed by atoms with Gasteiger partial charge in [0.15, 0.2) is 0 Å². The Labute approximate surface area is 207 Å². The van der Waals surface area contributed by atoms with Crippen molar-refractivity contribution in [2.24, 2.45) is 0 Å². The van der Waals surface area contributed by atoms with Gasteiger partial charge in [-0.15, -0.1) is 6.58 Å². The fourth-order valence-electron chi connectivity index (χ4n) is 4.78. The second-order valence-corrected chi connectivity index (χ2v) is 9.26. The first kappa shape index (κ1) is 25.3. The van der Waals surface area contributed by atoms with E-state index in [-0.39, 0.29) is 19.6 Å². The van der Waals surface area contributed by atoms with Gasteiger partial charge in [-0.25, -0.2) is 0 Å². The third-order valence-corrected chi connectivity index (χ3v) is 6.78. The molecule has 1 fully saturated rings. The topological polar surface area (TPSA) is 68.2 Å². The van der Waals surface area contributed by atoms with Crippen molar-refractivity contribution >= 4 is 0 Å². The standard InChI is InChI=1S/C30H34O5/c1-3-19-30(32)28(35-22-25-17-11-6-12-18-25)26(33-20-23-13-7-4-8-14-23)27(29(30,2)31)34-21-24-15-9-5-10-16-24/h3-18,26-28,31-32H,1,19-22H2,2H3/t26-,27-,28+,29+,30+/m1/s1. The molecule has 0 saturated heterocycles. The molecule has 35 heavy (non-hydrogen) atoms. The van der Waals surface area contributed by atoms with Crippen LogP contribution in [-0.2, 0) is 34.0 Å². The van der Waals surface area contributed by atoms with Gasteiger partial charge in [0.25, 0.3) is 0 Å². The van der Waals surface area contributed by atoms with Crippen LogP contribution in [0.5, 0.6) is 0 Å². The van der Waals surface area contributed by atoms with Crippen LogP contribution in [0.3, 0.4) is 0 Å². The zero-order valence-corrected chi connectivity index (χ0v) is 20.1. The third-order valence-electron chi connectivity index (χ3n) is 6.78. The van der Waals surface area contributed by atoms with E-state index in [0.717, 1.165) is 16.7 Å². The zero-order chi connectivity index (χ0) is 24.7. The molecule has 184 valence electrons. The Kier molecular flexibility index (Phi) is 8.16. The fourth-order valence-corrected chi connectivity index (χ4v) is 4.78. The van der Waals surface area contributed by atoms with E-state index in [4.69, 9.17) is 14.2 Å². The molecule has 4 rings (SSSR count). The monoisotopic (exact) mass is 474 g/mol. The van der Waals surface area contributed by atoms with Gasteiger partial charge in [-0.3, -0.25) is 0 Å². The molecule has 0 heterocycles. The maximum absolute atomic E-state index is 11.9. The highest BCUT2D eigenvalue weighted by Crippen LogP contribution is 2.47. The predicted molar refractivity (Wildman–Crippen MR) is 135 cm³/mol. The minimum absolute atomic E-state index is 0.121. The summed E-state index contributed by atoms with van der Waals surface area (Å²) in [5.41, 5.74) is -0.408. The van der Waals surface area contributed by atoms with Gasteiger partial charge in [-0.2, -0.15) is 0 Å². The molecule has 0 amide bonds. The van der Waals surface area contributed by atoms with Crippen LogP contribution >= 0.6 is 0 Å². The smallest absolute Gasteiger partial charge is 0.128 e. The summed E-state index contributed by atoms with van der Waals surface area (Å²) >= 11 is 0. The van der Waals surface area contributed by atoms with Gasteiger partial charge in [0.1, 0.15) is 29.5 Å². The Morgan fingerprint density at radius 2 is 1.09 bits per heavy atom. The molecule has 2 N–H and O–H groups in total. The summed E-state index contributed by atoms with van der Waals surface area (Å²) in [7, 11) is 0. The molecule has 0 aromatic heterocycles. The molecule has 3 aromatic rings. The molecule has 3 aromatic carbocycles. The van der Waals surface area contributed by atoms with Gasteiger partial charge in [0, 0.05) is 0 Å². The molecule has 0 spiro atoms. The first-order chi connectivity index (χ1) is 17.0. The lowest BCUT2D eigenvalue weighted by Crippen LogP contribution is -2.57. The quantitative estimate of drug-likeness (QED) is 0.390. The second kappa shape index (κ2) is 11.3. The van der Waals surface area contributed by atoms with Crippen molar-refractivity contribution in [2.45, 2.75) is 62.7 Å². The molecule has 5 nitrogen and oxygen atoms in total. The molecule has 0 bridgehead atoms. The number of hydrogen-bond acceptors (Lipinski definition) is 5. The Hall–Kier alpha value is -2.80. The number of aliphatic hydroxyl groups is 2. The fraction of sp³-hybridized carbons (Fsp3) is 0.333. The van der Waals surface area contributed by atoms with E-state index in [1.54, 1.807) is 13.0 Å². The first-order valence-electron chi connectivity index (χ1n) is 12.0. The maximum Gasteiger partial charge on any atom is 0.128 e. The van der Waals surface area contributed by atoms with Gasteiger partial charge in [0.2, 0.25) is 0 Å². The van der Waals surface area contributed by atoms with Crippen LogP contribution in [0.1, 0.15) is 30.0 Å². The van der Waals surface area contributed by atoms with E-state index in [1.165, 1.54) is 0 Å². The van der Waals surface area contributed by atoms with Crippen LogP contribution < -0.4 is 0 Å². The number of rotatable bonds is 11. The van der Waals surface area contributed by atoms with Crippen LogP contribution in [0, 0.1) is 0 Å². The summed E-state index contributed by atoms with van der Waals surface area (Å²) < 4.78 is 19.0. The summed E-state index contributed by atoms with van der Waals surface area (Å²) in [5, 5.41) is 23.6. The molecular formula is C30H34O5. The lowest BCUT2D eigenvalue weighted by molar-refractivity contribution is -0.199. The molecule has 1 saturated carbocycles. The summed E-state index contributed by atoms with van der Waals surface area (Å²) in [6.07, 6.45) is -0.684. The lowest BCUT2D eigenvalue weighted by Gasteiger charge is -2.39. The van der Waals surface area contributed by atoms with Crippen molar-refractivity contribution in [3.63, 3.8) is 0 Å². The van der Waals surface area contributed by atoms with E-state index in [9.17, 15) is 10.2 Å². The lowest BCUT2D eigenvalue weighted by atomic mass is 9.82. The molecule has 5 atom stereocenters. The molecular weight excluding hydrogens is 440 g/mol. The van der Waals surface area contributed by atoms with Gasteiger partial charge in [0.05, 0.1) is 19.8 Å². The number of hydrogen-bond donors (Lipinski definition) is 2. The molecule has 0 aliphatic heterocycles. The van der Waals surface area contributed by atoms with Crippen LogP contribution in [0.4, 0.5) is 0 Å². The highest BCUT2D eigenvalue weighted by molar-refractivity contribution is 5.22. The highest BCUT2D eigenvalue weighted by atomic mass is 16.6. The Balaban J connectivity index is 1.64. The first-order valence-corrected chi connectivity index (χ1v) is 12.0. The van der Waals surface area contributed by atoms with Crippen LogP contribution in [0.2, 0.25) is 0 Å². The van der Waals surface area contributed by atoms with Crippen molar-refractivity contribution in [3.05, 3.63) is 120 Å². The third kappa shape index (κ3) is 5.56. The largest absolute Gasteiger partial charge is 0.384 e. The molecule has 1 aliphatic rings. The summed E-state index contributed by atoms with van der Waals surface area (Å²) in [4.78, 5) is 0. The van der Waals surface area contributed by atoms with E-state index in [1.807, 2.05) is 91.0 Å². The van der Waals surface area contributed by atoms with Crippen molar-refractivity contribution in [2.75, 3.05) is 0 Å². The van der Waals surface area contributed by atoms with E-state index in [2.05, 4.69) is 6.58 Å². The van der Waals surface area contributed by atoms with Gasteiger partial charge >= 0.3 is 0 Å². The zero-order valence-electron chi connectivity index (χ0n) is 20.1. The average Bonchev–Trinajstić information content (AvgIpc) is 3.03. The molecule has 1 aliphatic carbocycles. The average molecular weight is 475 g/mol. The van der Waals surface area contributed by atoms with Gasteiger partial charge in [-0.1, -0.05) is 97.1 Å². The maximum atomic E-state index is 11.9. The molecule has 5 heteroatoms. The second-order valence-electron chi connectivity index (χ2n) is 9.26. The number of ether oxygens (including phenoxy) is 3. The summed E-state index contributed by atoms with van der Waals surface area (Å²) in [6.45, 7) is 6.23. The van der Waals surface area contributed by atoms with E-state index < -0.39 is 29.5 Å². The SMILES string of the molecule is C=CC[C@]1(O)[C@@H](OCc2ccccc2)[C@H](OCc2ccccc2)[C@@H](OCc2ccccc2)[C@]1(C)O. The summed E-state index contributed by atoms with van der Waals surface area (Å²) in [6, 6.07) is 29.3. The van der Waals surface area contributed by atoms with Crippen LogP contribution in [0.25, 0.3) is 0 Å². The van der Waals surface area contributed by atoms with E-state index in [0.29, 0.717) is 6.61 Å². The Morgan fingerprint density at radius 1 is 0.686 bits per heavy atom. The normalized spacial score (nSPS) is 28.1. The Bertz CT molecular complexity index is 1050. The minimum atomic E-state index is -1.66. The summed E-state index contributed by atoms with van der Waals surface area (Å²) in [5.74, 6) is 0.